The van der Waals surface area contributed by atoms with E-state index in [0.717, 1.165) is 42.6 Å². The third-order valence-corrected chi connectivity index (χ3v) is 13.6. The van der Waals surface area contributed by atoms with E-state index in [2.05, 4.69) is 46.1 Å². The van der Waals surface area contributed by atoms with Crippen molar-refractivity contribution in [2.24, 2.45) is 23.7 Å². The van der Waals surface area contributed by atoms with Crippen molar-refractivity contribution < 1.29 is 32.3 Å². The van der Waals surface area contributed by atoms with Gasteiger partial charge in [0.1, 0.15) is 17.2 Å². The summed E-state index contributed by atoms with van der Waals surface area (Å²) in [7, 11) is -3.86. The summed E-state index contributed by atoms with van der Waals surface area (Å²) in [6, 6.07) is 13.3. The molecule has 4 heterocycles. The van der Waals surface area contributed by atoms with Gasteiger partial charge in [0.25, 0.3) is 5.91 Å². The second-order valence-electron chi connectivity index (χ2n) is 17.4. The molecule has 0 radical (unpaired) electrons. The Kier molecular flexibility index (Phi) is 11.0. The van der Waals surface area contributed by atoms with E-state index in [1.165, 1.54) is 5.56 Å². The minimum atomic E-state index is -3.86. The van der Waals surface area contributed by atoms with Crippen molar-refractivity contribution in [2.45, 2.75) is 114 Å². The average Bonchev–Trinajstić information content (AvgIpc) is 4.02. The number of aryl methyl sites for hydroxylation is 1. The van der Waals surface area contributed by atoms with Gasteiger partial charge >= 0.3 is 5.97 Å². The molecule has 3 amide bonds. The molecule has 6 atom stereocenters. The minimum Gasteiger partial charge on any atom is -0.460 e. The largest absolute Gasteiger partial charge is 0.460 e. The highest BCUT2D eigenvalue weighted by molar-refractivity contribution is 7.91. The number of fused-ring (bicyclic) bond motifs is 4. The molecule has 2 aliphatic carbocycles. The van der Waals surface area contributed by atoms with Crippen molar-refractivity contribution in [1.29, 1.82) is 0 Å². The Labute approximate surface area is 324 Å². The van der Waals surface area contributed by atoms with Gasteiger partial charge in [-0.2, -0.15) is 0 Å². The van der Waals surface area contributed by atoms with Gasteiger partial charge in [0.2, 0.25) is 21.8 Å². The van der Waals surface area contributed by atoms with Crippen LogP contribution in [0.4, 0.5) is 0 Å². The highest BCUT2D eigenvalue weighted by Gasteiger charge is 2.63. The molecule has 2 saturated heterocycles. The molecule has 0 bridgehead atoms. The fourth-order valence-electron chi connectivity index (χ4n) is 8.69. The van der Waals surface area contributed by atoms with E-state index in [-0.39, 0.29) is 36.5 Å². The van der Waals surface area contributed by atoms with Crippen molar-refractivity contribution in [3.05, 3.63) is 65.9 Å². The Morgan fingerprint density at radius 1 is 1.00 bits per heavy atom. The normalized spacial score (nSPS) is 29.5. The quantitative estimate of drug-likeness (QED) is 0.288. The van der Waals surface area contributed by atoms with Crippen LogP contribution in [0.3, 0.4) is 0 Å². The van der Waals surface area contributed by atoms with Crippen LogP contribution >= 0.6 is 0 Å². The van der Waals surface area contributed by atoms with Gasteiger partial charge in [-0.3, -0.25) is 33.8 Å². The number of likely N-dealkylation sites (tertiary alicyclic amines) is 1. The van der Waals surface area contributed by atoms with Crippen molar-refractivity contribution in [1.82, 2.24) is 24.8 Å². The molecule has 55 heavy (non-hydrogen) atoms. The van der Waals surface area contributed by atoms with E-state index in [1.54, 1.807) is 25.7 Å². The van der Waals surface area contributed by atoms with Crippen LogP contribution in [0.1, 0.15) is 89.8 Å². The van der Waals surface area contributed by atoms with E-state index in [1.807, 2.05) is 30.4 Å². The van der Waals surface area contributed by atoms with Crippen molar-refractivity contribution in [3.63, 3.8) is 0 Å². The number of carbonyl (C=O) groups is 4. The van der Waals surface area contributed by atoms with Crippen LogP contribution < -0.4 is 10.0 Å². The molecule has 12 nitrogen and oxygen atoms in total. The maximum Gasteiger partial charge on any atom is 0.307 e. The predicted octanol–water partition coefficient (Wildman–Crippen LogP) is 4.67. The molecule has 2 N–H and O–H groups in total. The average molecular weight is 774 g/mol. The smallest absolute Gasteiger partial charge is 0.307 e. The van der Waals surface area contributed by atoms with Crippen molar-refractivity contribution >= 4 is 33.7 Å². The van der Waals surface area contributed by atoms with Crippen LogP contribution in [0, 0.1) is 30.6 Å². The van der Waals surface area contributed by atoms with Crippen LogP contribution in [0.25, 0.3) is 11.3 Å². The zero-order valence-electron chi connectivity index (χ0n) is 32.5. The summed E-state index contributed by atoms with van der Waals surface area (Å²) in [4.78, 5) is 65.2. The van der Waals surface area contributed by atoms with Crippen molar-refractivity contribution in [2.75, 3.05) is 19.6 Å². The Bertz CT molecular complexity index is 1940. The van der Waals surface area contributed by atoms with Gasteiger partial charge in [0, 0.05) is 49.5 Å². The summed E-state index contributed by atoms with van der Waals surface area (Å²) in [5.74, 6) is -3.21. The van der Waals surface area contributed by atoms with E-state index in [4.69, 9.17) is 9.72 Å². The summed E-state index contributed by atoms with van der Waals surface area (Å²) in [5, 5.41) is 2.42. The van der Waals surface area contributed by atoms with Crippen LogP contribution in [0.5, 0.6) is 0 Å². The number of hydrogen-bond acceptors (Lipinski definition) is 9. The number of benzene rings is 1. The lowest BCUT2D eigenvalue weighted by Gasteiger charge is -2.33. The topological polar surface area (TPSA) is 155 Å². The molecule has 5 aliphatic rings. The number of sulfonamides is 1. The SMILES string of the molecule is Cc1ccc(-c2cccc(CN3C[C@H]4CN5C(=O)[C@@H](CC(=O)OC(C)(C)C)CCCCC/C=C\[C@@H]6C[C@@]6(C(=O)NS(=O)(=O)C6CC6)NC(=O)[C@@H]5[C@H]4C3)n2)cc1. The third-order valence-electron chi connectivity index (χ3n) is 11.8. The maximum absolute atomic E-state index is 14.7. The molecule has 7 rings (SSSR count). The van der Waals surface area contributed by atoms with Crippen LogP contribution in [0.15, 0.2) is 54.6 Å². The predicted molar refractivity (Wildman–Crippen MR) is 207 cm³/mol. The standard InChI is InChI=1S/C42H55N5O7S/c1-27-15-17-28(18-16-27)35-14-10-13-32(43-35)25-46-23-30-24-47-37(34(30)26-46)38(49)44-42(40(51)45-55(52,53)33-19-20-33)22-31(42)12-9-7-5-6-8-11-29(39(47)50)21-36(48)54-41(2,3)4/h9-10,12-18,29-31,33-34,37H,5-8,11,19-26H2,1-4H3,(H,44,49)(H,45,51)/b12-9-/t29-,30+,31-,34+,37+,42-/m1/s1. The number of carbonyl (C=O) groups excluding carboxylic acids is 4. The fraction of sp³-hybridized carbons (Fsp3) is 0.595. The first kappa shape index (κ1) is 39.1. The summed E-state index contributed by atoms with van der Waals surface area (Å²) in [6.45, 7) is 9.50. The molecule has 296 valence electrons. The number of allylic oxidation sites excluding steroid dienone is 1. The number of nitrogens with zero attached hydrogens (tertiary/aromatic N) is 3. The van der Waals surface area contributed by atoms with Crippen molar-refractivity contribution in [3.8, 4) is 11.3 Å². The Hall–Kier alpha value is -4.10. The van der Waals surface area contributed by atoms with Crippen LogP contribution in [-0.2, 0) is 40.5 Å². The molecule has 13 heteroatoms. The highest BCUT2D eigenvalue weighted by atomic mass is 32.2. The number of hydrogen-bond donors (Lipinski definition) is 2. The minimum absolute atomic E-state index is 0.0315. The number of aromatic nitrogens is 1. The highest BCUT2D eigenvalue weighted by Crippen LogP contribution is 2.47. The third kappa shape index (κ3) is 8.98. The van der Waals surface area contributed by atoms with Gasteiger partial charge in [-0.05, 0) is 84.3 Å². The summed E-state index contributed by atoms with van der Waals surface area (Å²) >= 11 is 0. The summed E-state index contributed by atoms with van der Waals surface area (Å²) < 4.78 is 33.8. The van der Waals surface area contributed by atoms with Gasteiger partial charge in [-0.15, -0.1) is 0 Å². The zero-order chi connectivity index (χ0) is 39.1. The molecular weight excluding hydrogens is 719 g/mol. The number of esters is 1. The second kappa shape index (κ2) is 15.4. The van der Waals surface area contributed by atoms with Gasteiger partial charge < -0.3 is 15.0 Å². The van der Waals surface area contributed by atoms with Gasteiger partial charge in [-0.1, -0.05) is 60.9 Å². The Morgan fingerprint density at radius 2 is 1.76 bits per heavy atom. The fourth-order valence-corrected chi connectivity index (χ4v) is 10.1. The lowest BCUT2D eigenvalue weighted by atomic mass is 9.92. The first-order chi connectivity index (χ1) is 26.1. The Balaban J connectivity index is 1.16. The van der Waals surface area contributed by atoms with Gasteiger partial charge in [0.15, 0.2) is 0 Å². The molecule has 0 unspecified atom stereocenters. The molecule has 3 aliphatic heterocycles. The number of amides is 3. The molecule has 1 aromatic carbocycles. The molecule has 2 saturated carbocycles. The van der Waals surface area contributed by atoms with Crippen LogP contribution in [-0.4, -0.2) is 89.0 Å². The second-order valence-corrected chi connectivity index (χ2v) is 19.4. The molecule has 1 aromatic heterocycles. The number of ether oxygens (including phenoxy) is 1. The lowest BCUT2D eigenvalue weighted by Crippen LogP contribution is -2.58. The van der Waals surface area contributed by atoms with Crippen LogP contribution in [0.2, 0.25) is 0 Å². The lowest BCUT2D eigenvalue weighted by molar-refractivity contribution is -0.159. The number of pyridine rings is 1. The van der Waals surface area contributed by atoms with Gasteiger partial charge in [-0.25, -0.2) is 8.42 Å². The number of rotatable bonds is 8. The van der Waals surface area contributed by atoms with E-state index in [0.29, 0.717) is 45.4 Å². The summed E-state index contributed by atoms with van der Waals surface area (Å²) in [5.41, 5.74) is 1.84. The first-order valence-corrected chi connectivity index (χ1v) is 21.5. The molecule has 0 spiro atoms. The maximum atomic E-state index is 14.7. The number of nitrogens with one attached hydrogen (secondary N) is 2. The van der Waals surface area contributed by atoms with Gasteiger partial charge in [0.05, 0.1) is 23.1 Å². The molecule has 4 fully saturated rings. The Morgan fingerprint density at radius 3 is 2.49 bits per heavy atom. The van der Waals surface area contributed by atoms with E-state index in [9.17, 15) is 27.6 Å². The molecule has 2 aromatic rings. The monoisotopic (exact) mass is 773 g/mol. The first-order valence-electron chi connectivity index (χ1n) is 19.9. The zero-order valence-corrected chi connectivity index (χ0v) is 33.3. The summed E-state index contributed by atoms with van der Waals surface area (Å²) in [6.07, 6.45) is 8.78. The van der Waals surface area contributed by atoms with E-state index >= 15 is 0 Å². The molecular formula is C42H55N5O7S. The van der Waals surface area contributed by atoms with E-state index < -0.39 is 56.2 Å².